The molecule has 2 aliphatic heterocycles. The molecule has 11 heteroatoms. The molecule has 0 bridgehead atoms. The third-order valence-corrected chi connectivity index (χ3v) is 5.88. The number of rotatable bonds is 6. The van der Waals surface area contributed by atoms with Crippen LogP contribution in [0.2, 0.25) is 0 Å². The summed E-state index contributed by atoms with van der Waals surface area (Å²) in [7, 11) is 2.95. The summed E-state index contributed by atoms with van der Waals surface area (Å²) in [6.07, 6.45) is 1.93. The predicted octanol–water partition coefficient (Wildman–Crippen LogP) is 1.02. The van der Waals surface area contributed by atoms with Gasteiger partial charge in [-0.15, -0.1) is 0 Å². The Labute approximate surface area is 185 Å². The van der Waals surface area contributed by atoms with Crippen LogP contribution in [0.4, 0.5) is 0 Å². The van der Waals surface area contributed by atoms with Gasteiger partial charge in [-0.1, -0.05) is 0 Å². The molecule has 11 nitrogen and oxygen atoms in total. The van der Waals surface area contributed by atoms with Gasteiger partial charge in [0.05, 0.1) is 20.3 Å². The third-order valence-electron chi connectivity index (χ3n) is 5.88. The maximum atomic E-state index is 13.5. The van der Waals surface area contributed by atoms with Crippen LogP contribution in [0.1, 0.15) is 47.3 Å². The maximum Gasteiger partial charge on any atom is 0.260 e. The molecule has 0 radical (unpaired) electrons. The third kappa shape index (κ3) is 4.52. The summed E-state index contributed by atoms with van der Waals surface area (Å²) in [6.45, 7) is 3.33. The van der Waals surface area contributed by atoms with E-state index in [-0.39, 0.29) is 35.7 Å². The molecule has 0 aromatic carbocycles. The molecule has 2 aliphatic rings. The second-order valence-corrected chi connectivity index (χ2v) is 7.99. The number of carbonyl (C=O) groups is 2. The number of hydrogen-bond donors (Lipinski definition) is 2. The fraction of sp³-hybridized carbons (Fsp3) is 0.571. The Morgan fingerprint density at radius 3 is 2.62 bits per heavy atom. The summed E-state index contributed by atoms with van der Waals surface area (Å²) in [5.41, 5.74) is 0.307. The van der Waals surface area contributed by atoms with Crippen molar-refractivity contribution in [3.05, 3.63) is 29.3 Å². The Morgan fingerprint density at radius 2 is 1.97 bits per heavy atom. The predicted molar refractivity (Wildman–Crippen MR) is 112 cm³/mol. The van der Waals surface area contributed by atoms with Crippen molar-refractivity contribution in [2.24, 2.45) is 5.92 Å². The van der Waals surface area contributed by atoms with Gasteiger partial charge in [0.25, 0.3) is 5.91 Å². The molecule has 2 amide bonds. The molecular weight excluding hydrogens is 416 g/mol. The van der Waals surface area contributed by atoms with E-state index >= 15 is 0 Å². The van der Waals surface area contributed by atoms with E-state index in [0.29, 0.717) is 62.1 Å². The fourth-order valence-electron chi connectivity index (χ4n) is 4.21. The Morgan fingerprint density at radius 1 is 1.19 bits per heavy atom. The second-order valence-electron chi connectivity index (χ2n) is 7.99. The van der Waals surface area contributed by atoms with Crippen LogP contribution in [0.3, 0.4) is 0 Å². The summed E-state index contributed by atoms with van der Waals surface area (Å²) in [5.74, 6) is 1.36. The van der Waals surface area contributed by atoms with E-state index in [1.165, 1.54) is 14.2 Å². The van der Waals surface area contributed by atoms with Gasteiger partial charge in [0.1, 0.15) is 11.4 Å². The van der Waals surface area contributed by atoms with Crippen LogP contribution in [0.5, 0.6) is 11.8 Å². The molecule has 4 rings (SSSR count). The number of hydrogen-bond acceptors (Lipinski definition) is 8. The molecule has 0 saturated carbocycles. The zero-order chi connectivity index (χ0) is 22.7. The molecule has 2 fully saturated rings. The van der Waals surface area contributed by atoms with Crippen molar-refractivity contribution >= 4 is 11.8 Å². The maximum absolute atomic E-state index is 13.5. The van der Waals surface area contributed by atoms with Crippen molar-refractivity contribution in [3.8, 4) is 11.8 Å². The van der Waals surface area contributed by atoms with Gasteiger partial charge in [0, 0.05) is 37.8 Å². The van der Waals surface area contributed by atoms with Crippen molar-refractivity contribution in [2.75, 3.05) is 34.0 Å². The monoisotopic (exact) mass is 444 g/mol. The summed E-state index contributed by atoms with van der Waals surface area (Å²) in [5, 5.41) is 10.2. The van der Waals surface area contributed by atoms with Crippen molar-refractivity contribution in [1.29, 1.82) is 0 Å². The van der Waals surface area contributed by atoms with Gasteiger partial charge in [-0.05, 0) is 32.3 Å². The number of aryl methyl sites for hydroxylation is 1. The minimum atomic E-state index is -0.390. The van der Waals surface area contributed by atoms with Crippen LogP contribution in [-0.4, -0.2) is 76.9 Å². The molecule has 4 heterocycles. The average molecular weight is 444 g/mol. The number of methoxy groups -OCH3 is 2. The fourth-order valence-corrected chi connectivity index (χ4v) is 4.21. The summed E-state index contributed by atoms with van der Waals surface area (Å²) < 4.78 is 15.8. The number of nitrogens with one attached hydrogen (secondary N) is 2. The lowest BCUT2D eigenvalue weighted by Gasteiger charge is -2.24. The molecule has 2 aromatic heterocycles. The zero-order valence-electron chi connectivity index (χ0n) is 18.5. The Kier molecular flexibility index (Phi) is 6.54. The largest absolute Gasteiger partial charge is 0.481 e. The van der Waals surface area contributed by atoms with Gasteiger partial charge in [-0.2, -0.15) is 10.1 Å². The highest BCUT2D eigenvalue weighted by Crippen LogP contribution is 2.34. The van der Waals surface area contributed by atoms with E-state index < -0.39 is 0 Å². The van der Waals surface area contributed by atoms with E-state index in [1.54, 1.807) is 24.0 Å². The van der Waals surface area contributed by atoms with Crippen LogP contribution < -0.4 is 14.8 Å². The highest BCUT2D eigenvalue weighted by atomic mass is 16.5. The van der Waals surface area contributed by atoms with E-state index in [9.17, 15) is 9.59 Å². The number of aromatic amines is 1. The molecule has 0 aliphatic carbocycles. The van der Waals surface area contributed by atoms with Crippen LogP contribution in [0, 0.1) is 12.8 Å². The topological polar surface area (TPSA) is 132 Å². The molecule has 32 heavy (non-hydrogen) atoms. The van der Waals surface area contributed by atoms with Crippen molar-refractivity contribution in [2.45, 2.75) is 38.3 Å². The van der Waals surface area contributed by atoms with Gasteiger partial charge >= 0.3 is 0 Å². The van der Waals surface area contributed by atoms with E-state index in [0.717, 1.165) is 0 Å². The first-order valence-corrected chi connectivity index (χ1v) is 10.7. The SMILES string of the molecule is COc1ccc(C(=O)N2C[C@@H](NC(=O)C3CCOCC3)C[C@H]2c2n[nH]c(C)n2)c(OC)n1. The number of nitrogens with zero attached hydrogens (tertiary/aromatic N) is 4. The number of ether oxygens (including phenoxy) is 3. The Bertz CT molecular complexity index is 973. The lowest BCUT2D eigenvalue weighted by molar-refractivity contribution is -0.128. The molecular formula is C21H28N6O5. The first-order chi connectivity index (χ1) is 15.5. The highest BCUT2D eigenvalue weighted by Gasteiger charge is 2.41. The smallest absolute Gasteiger partial charge is 0.260 e. The second kappa shape index (κ2) is 9.51. The summed E-state index contributed by atoms with van der Waals surface area (Å²) in [6, 6.07) is 2.64. The minimum Gasteiger partial charge on any atom is -0.481 e. The summed E-state index contributed by atoms with van der Waals surface area (Å²) in [4.78, 5) is 36.6. The van der Waals surface area contributed by atoms with Gasteiger partial charge in [-0.3, -0.25) is 14.7 Å². The lowest BCUT2D eigenvalue weighted by atomic mass is 9.99. The molecule has 0 spiro atoms. The molecule has 0 unspecified atom stereocenters. The van der Waals surface area contributed by atoms with E-state index in [2.05, 4.69) is 25.5 Å². The number of carbonyl (C=O) groups excluding carboxylic acids is 2. The highest BCUT2D eigenvalue weighted by molar-refractivity contribution is 5.97. The molecule has 2 atom stereocenters. The molecule has 2 N–H and O–H groups in total. The van der Waals surface area contributed by atoms with E-state index in [4.69, 9.17) is 14.2 Å². The first-order valence-electron chi connectivity index (χ1n) is 10.7. The van der Waals surface area contributed by atoms with Crippen LogP contribution >= 0.6 is 0 Å². The number of pyridine rings is 1. The quantitative estimate of drug-likeness (QED) is 0.675. The van der Waals surface area contributed by atoms with E-state index in [1.807, 2.05) is 0 Å². The average Bonchev–Trinajstić information content (AvgIpc) is 3.44. The van der Waals surface area contributed by atoms with Crippen molar-refractivity contribution < 1.29 is 23.8 Å². The molecule has 2 saturated heterocycles. The normalized spacial score (nSPS) is 21.4. The van der Waals surface area contributed by atoms with Crippen LogP contribution in [0.25, 0.3) is 0 Å². The van der Waals surface area contributed by atoms with Gasteiger partial charge in [0.2, 0.25) is 17.7 Å². The number of H-pyrrole nitrogens is 1. The molecule has 2 aromatic rings. The van der Waals surface area contributed by atoms with Gasteiger partial charge in [-0.25, -0.2) is 4.98 Å². The minimum absolute atomic E-state index is 0.00112. The first kappa shape index (κ1) is 22.0. The zero-order valence-corrected chi connectivity index (χ0v) is 18.5. The Balaban J connectivity index is 1.56. The lowest BCUT2D eigenvalue weighted by Crippen LogP contribution is -2.42. The number of aromatic nitrogens is 4. The summed E-state index contributed by atoms with van der Waals surface area (Å²) >= 11 is 0. The molecule has 172 valence electrons. The van der Waals surface area contributed by atoms with Crippen LogP contribution in [0.15, 0.2) is 12.1 Å². The van der Waals surface area contributed by atoms with Crippen molar-refractivity contribution in [1.82, 2.24) is 30.4 Å². The standard InChI is InChI=1S/C21H28N6O5/c1-12-22-18(26-25-12)16-10-14(23-19(28)13-6-8-32-9-7-13)11-27(16)21(29)15-4-5-17(30-2)24-20(15)31-3/h4-5,13-14,16H,6-11H2,1-3H3,(H,23,28)(H,22,25,26)/t14-,16-/m0/s1. The Hall–Kier alpha value is -3.21. The van der Waals surface area contributed by atoms with Crippen LogP contribution in [-0.2, 0) is 9.53 Å². The van der Waals surface area contributed by atoms with Gasteiger partial charge in [0.15, 0.2) is 5.82 Å². The number of likely N-dealkylation sites (tertiary alicyclic amines) is 1. The van der Waals surface area contributed by atoms with Crippen molar-refractivity contribution in [3.63, 3.8) is 0 Å². The number of amides is 2. The van der Waals surface area contributed by atoms with Gasteiger partial charge < -0.3 is 24.4 Å².